The van der Waals surface area contributed by atoms with E-state index >= 15 is 0 Å². The average molecular weight is 143 g/mol. The van der Waals surface area contributed by atoms with E-state index in [1.54, 1.807) is 0 Å². The largest absolute Gasteiger partial charge is 1.00 e. The molecule has 5 heteroatoms. The maximum atomic E-state index is 9.00. The first-order chi connectivity index (χ1) is 3.15. The van der Waals surface area contributed by atoms with Crippen molar-refractivity contribution in [3.63, 3.8) is 0 Å². The summed E-state index contributed by atoms with van der Waals surface area (Å²) >= 11 is 0. The van der Waals surface area contributed by atoms with E-state index in [1.165, 1.54) is 0 Å². The third-order valence-electron chi connectivity index (χ3n) is 0. The van der Waals surface area contributed by atoms with Crippen LogP contribution in [0.4, 0.5) is 0 Å². The Kier molecular flexibility index (Phi) is 30.9. The Morgan fingerprint density at radius 3 is 1.88 bits per heavy atom. The van der Waals surface area contributed by atoms with Crippen LogP contribution in [0, 0.1) is 11.5 Å². The summed E-state index contributed by atoms with van der Waals surface area (Å²) in [6, 6.07) is 0. The molecule has 8 heavy (non-hydrogen) atoms. The van der Waals surface area contributed by atoms with Crippen LogP contribution < -0.4 is 51.4 Å². The number of nitriles is 1. The molecule has 0 aromatic rings. The van der Waals surface area contributed by atoms with E-state index in [4.69, 9.17) is 20.3 Å². The van der Waals surface area contributed by atoms with E-state index in [1.807, 2.05) is 0 Å². The summed E-state index contributed by atoms with van der Waals surface area (Å²) in [6.07, 6.45) is 0.750. The molecule has 2 N–H and O–H groups in total. The minimum atomic E-state index is -0.833. The molecule has 0 heterocycles. The first kappa shape index (κ1) is 15.8. The first-order valence-electron chi connectivity index (χ1n) is 1.37. The van der Waals surface area contributed by atoms with E-state index in [9.17, 15) is 0 Å². The molecular weight excluding hydrogens is 137 g/mol. The van der Waals surface area contributed by atoms with E-state index in [2.05, 4.69) is 0 Å². The SMILES string of the molecule is CC(=O)O.N#CO.[H-].[K+]. The van der Waals surface area contributed by atoms with Crippen molar-refractivity contribution in [1.82, 2.24) is 0 Å². The number of carboxylic acid groups (broad SMARTS) is 1. The van der Waals surface area contributed by atoms with Crippen molar-refractivity contribution in [2.24, 2.45) is 0 Å². The molecule has 0 radical (unpaired) electrons. The van der Waals surface area contributed by atoms with Crippen molar-refractivity contribution in [3.8, 4) is 6.26 Å². The zero-order valence-corrected chi connectivity index (χ0v) is 7.87. The predicted molar refractivity (Wildman–Crippen MR) is 22.0 cm³/mol. The van der Waals surface area contributed by atoms with Crippen molar-refractivity contribution >= 4 is 5.97 Å². The number of aliphatic carboxylic acids is 1. The fourth-order valence-electron chi connectivity index (χ4n) is 0. The summed E-state index contributed by atoms with van der Waals surface area (Å²) < 4.78 is 0. The molecule has 0 aromatic carbocycles. The molecule has 0 unspecified atom stereocenters. The summed E-state index contributed by atoms with van der Waals surface area (Å²) in [5.41, 5.74) is 0. The van der Waals surface area contributed by atoms with Gasteiger partial charge in [0.1, 0.15) is 0 Å². The third-order valence-corrected chi connectivity index (χ3v) is 0. The van der Waals surface area contributed by atoms with Gasteiger partial charge < -0.3 is 11.6 Å². The molecule has 0 saturated carbocycles. The van der Waals surface area contributed by atoms with Crippen LogP contribution in [0.5, 0.6) is 0 Å². The Morgan fingerprint density at radius 1 is 1.88 bits per heavy atom. The molecule has 4 nitrogen and oxygen atoms in total. The number of carboxylic acids is 1. The van der Waals surface area contributed by atoms with Gasteiger partial charge in [0.25, 0.3) is 12.2 Å². The average Bonchev–Trinajstić information content (AvgIpc) is 1.33. The first-order valence-corrected chi connectivity index (χ1v) is 1.37. The molecule has 0 aliphatic heterocycles. The number of nitrogens with zero attached hydrogens (tertiary/aromatic N) is 1. The molecule has 0 fully saturated rings. The maximum Gasteiger partial charge on any atom is 1.00 e. The van der Waals surface area contributed by atoms with Gasteiger partial charge in [-0.1, -0.05) is 0 Å². The number of hydrogen-bond donors (Lipinski definition) is 2. The molecule has 0 atom stereocenters. The zero-order valence-electron chi connectivity index (χ0n) is 5.75. The molecular formula is C3H6KNO3. The van der Waals surface area contributed by atoms with Gasteiger partial charge in [0, 0.05) is 6.92 Å². The van der Waals surface area contributed by atoms with E-state index in [-0.39, 0.29) is 52.8 Å². The van der Waals surface area contributed by atoms with Gasteiger partial charge in [-0.2, -0.15) is 5.26 Å². The van der Waals surface area contributed by atoms with Crippen molar-refractivity contribution in [1.29, 1.82) is 5.26 Å². The number of carbonyl (C=O) groups is 1. The Balaban J connectivity index is -0.0000000233. The quantitative estimate of drug-likeness (QED) is 0.280. The number of rotatable bonds is 0. The molecule has 0 amide bonds. The molecule has 0 aliphatic carbocycles. The molecule has 0 aliphatic rings. The molecule has 0 rings (SSSR count). The van der Waals surface area contributed by atoms with Crippen molar-refractivity contribution in [2.45, 2.75) is 6.92 Å². The Morgan fingerprint density at radius 2 is 1.88 bits per heavy atom. The van der Waals surface area contributed by atoms with Gasteiger partial charge in [-0.25, -0.2) is 0 Å². The van der Waals surface area contributed by atoms with E-state index in [0.717, 1.165) is 13.2 Å². The van der Waals surface area contributed by atoms with Gasteiger partial charge in [0.2, 0.25) is 0 Å². The smallest absolute Gasteiger partial charge is 1.00 e. The summed E-state index contributed by atoms with van der Waals surface area (Å²) in [5, 5.41) is 21.2. The Hall–Kier alpha value is 0.396. The van der Waals surface area contributed by atoms with E-state index < -0.39 is 5.97 Å². The van der Waals surface area contributed by atoms with Gasteiger partial charge in [-0.3, -0.25) is 4.79 Å². The summed E-state index contributed by atoms with van der Waals surface area (Å²) in [6.45, 7) is 1.08. The zero-order chi connectivity index (χ0) is 6.28. The minimum Gasteiger partial charge on any atom is -1.00 e. The molecule has 0 aromatic heterocycles. The second-order valence-electron chi connectivity index (χ2n) is 0.619. The van der Waals surface area contributed by atoms with Crippen molar-refractivity contribution < 1.29 is 67.8 Å². The van der Waals surface area contributed by atoms with Crippen LogP contribution in [0.15, 0.2) is 0 Å². The number of aliphatic hydroxyl groups excluding tert-OH is 1. The summed E-state index contributed by atoms with van der Waals surface area (Å²) in [5.74, 6) is -0.833. The van der Waals surface area contributed by atoms with Crippen LogP contribution in [0.1, 0.15) is 8.35 Å². The standard InChI is InChI=1S/C2H4O2.CHNO.K.H/c1-2(3)4;2-1-3;;/h1H3,(H,3,4);3H;;/q;;+1;-1. The summed E-state index contributed by atoms with van der Waals surface area (Å²) in [4.78, 5) is 9.00. The van der Waals surface area contributed by atoms with Crippen LogP contribution in [0.3, 0.4) is 0 Å². The Bertz CT molecular complexity index is 87.5. The van der Waals surface area contributed by atoms with Gasteiger partial charge in [0.05, 0.1) is 0 Å². The van der Waals surface area contributed by atoms with Crippen LogP contribution in [0.25, 0.3) is 0 Å². The maximum absolute atomic E-state index is 9.00. The van der Waals surface area contributed by atoms with Gasteiger partial charge in [0.15, 0.2) is 0 Å². The van der Waals surface area contributed by atoms with Gasteiger partial charge >= 0.3 is 51.4 Å². The van der Waals surface area contributed by atoms with E-state index in [0.29, 0.717) is 0 Å². The third kappa shape index (κ3) is 1190. The summed E-state index contributed by atoms with van der Waals surface area (Å²) in [7, 11) is 0. The van der Waals surface area contributed by atoms with Crippen LogP contribution in [-0.2, 0) is 4.79 Å². The minimum absolute atomic E-state index is 0. The van der Waals surface area contributed by atoms with Crippen LogP contribution in [0.2, 0.25) is 0 Å². The topological polar surface area (TPSA) is 81.3 Å². The van der Waals surface area contributed by atoms with Crippen LogP contribution in [-0.4, -0.2) is 16.2 Å². The monoisotopic (exact) mass is 143 g/mol. The van der Waals surface area contributed by atoms with Crippen molar-refractivity contribution in [2.75, 3.05) is 0 Å². The van der Waals surface area contributed by atoms with Crippen molar-refractivity contribution in [3.05, 3.63) is 0 Å². The predicted octanol–water partition coefficient (Wildman–Crippen LogP) is -2.95. The number of aliphatic hydroxyl groups is 1. The molecule has 0 bridgehead atoms. The number of hydrogen-bond acceptors (Lipinski definition) is 3. The second-order valence-corrected chi connectivity index (χ2v) is 0.619. The Labute approximate surface area is 91.0 Å². The van der Waals surface area contributed by atoms with Gasteiger partial charge in [-0.15, -0.1) is 0 Å². The molecule has 0 saturated heterocycles. The molecule has 0 spiro atoms. The van der Waals surface area contributed by atoms with Crippen LogP contribution >= 0.6 is 0 Å². The van der Waals surface area contributed by atoms with Gasteiger partial charge in [-0.05, 0) is 0 Å². The molecule has 42 valence electrons. The second kappa shape index (κ2) is 15.7. The fraction of sp³-hybridized carbons (Fsp3) is 0.333. The normalized spacial score (nSPS) is 4.00. The fourth-order valence-corrected chi connectivity index (χ4v) is 0.